The Bertz CT molecular complexity index is 760. The monoisotopic (exact) mass is 344 g/mol. The van der Waals surface area contributed by atoms with Gasteiger partial charge in [0.05, 0.1) is 12.2 Å². The molecular formula is C18H24N4O3. The van der Waals surface area contributed by atoms with Crippen molar-refractivity contribution in [3.05, 3.63) is 41.6 Å². The molecule has 0 radical (unpaired) electrons. The Labute approximate surface area is 147 Å². The maximum absolute atomic E-state index is 12.0. The van der Waals surface area contributed by atoms with Gasteiger partial charge in [-0.2, -0.15) is 0 Å². The maximum Gasteiger partial charge on any atom is 0.253 e. The smallest absolute Gasteiger partial charge is 0.253 e. The second-order valence-corrected chi connectivity index (χ2v) is 7.01. The van der Waals surface area contributed by atoms with Crippen molar-refractivity contribution in [2.24, 2.45) is 0 Å². The molecule has 134 valence electrons. The molecule has 2 N–H and O–H groups in total. The Morgan fingerprint density at radius 1 is 1.20 bits per heavy atom. The highest BCUT2D eigenvalue weighted by Crippen LogP contribution is 2.23. The third-order valence-electron chi connectivity index (χ3n) is 3.51. The van der Waals surface area contributed by atoms with Crippen molar-refractivity contribution in [3.63, 3.8) is 0 Å². The van der Waals surface area contributed by atoms with Crippen LogP contribution in [0.4, 0.5) is 11.6 Å². The number of nitrogens with one attached hydrogen (secondary N) is 2. The fourth-order valence-corrected chi connectivity index (χ4v) is 2.07. The van der Waals surface area contributed by atoms with Gasteiger partial charge in [0.2, 0.25) is 11.8 Å². The van der Waals surface area contributed by atoms with Crippen molar-refractivity contribution in [2.45, 2.75) is 26.2 Å². The Morgan fingerprint density at radius 3 is 2.52 bits per heavy atom. The summed E-state index contributed by atoms with van der Waals surface area (Å²) in [5.74, 6) is -0.0429. The molecule has 0 aliphatic carbocycles. The normalized spacial score (nSPS) is 11.1. The molecule has 25 heavy (non-hydrogen) atoms. The van der Waals surface area contributed by atoms with Crippen molar-refractivity contribution in [1.82, 2.24) is 10.1 Å². The van der Waals surface area contributed by atoms with Crippen LogP contribution in [0.5, 0.6) is 0 Å². The zero-order valence-electron chi connectivity index (χ0n) is 15.2. The van der Waals surface area contributed by atoms with Crippen LogP contribution in [0.1, 0.15) is 36.8 Å². The van der Waals surface area contributed by atoms with Gasteiger partial charge < -0.3 is 14.7 Å². The minimum absolute atomic E-state index is 0.0468. The third-order valence-corrected chi connectivity index (χ3v) is 3.51. The van der Waals surface area contributed by atoms with Gasteiger partial charge in [-0.3, -0.25) is 14.9 Å². The molecule has 0 atom stereocenters. The first-order valence-corrected chi connectivity index (χ1v) is 7.99. The van der Waals surface area contributed by atoms with Crippen molar-refractivity contribution in [2.75, 3.05) is 31.3 Å². The lowest BCUT2D eigenvalue weighted by Crippen LogP contribution is -2.23. The van der Waals surface area contributed by atoms with Gasteiger partial charge >= 0.3 is 0 Å². The van der Waals surface area contributed by atoms with Crippen LogP contribution in [-0.2, 0) is 10.2 Å². The molecule has 0 spiro atoms. The van der Waals surface area contributed by atoms with Gasteiger partial charge in [0.1, 0.15) is 0 Å². The molecule has 1 aromatic heterocycles. The highest BCUT2D eigenvalue weighted by atomic mass is 16.5. The molecule has 2 rings (SSSR count). The Hall–Kier alpha value is -2.83. The summed E-state index contributed by atoms with van der Waals surface area (Å²) >= 11 is 0. The topological polar surface area (TPSA) is 87.5 Å². The first-order valence-electron chi connectivity index (χ1n) is 7.99. The highest BCUT2D eigenvalue weighted by molar-refractivity contribution is 5.95. The van der Waals surface area contributed by atoms with Crippen LogP contribution in [0.3, 0.4) is 0 Å². The van der Waals surface area contributed by atoms with Gasteiger partial charge in [-0.1, -0.05) is 32.0 Å². The molecule has 0 bridgehead atoms. The summed E-state index contributed by atoms with van der Waals surface area (Å²) in [4.78, 5) is 25.5. The van der Waals surface area contributed by atoms with Crippen LogP contribution in [0, 0.1) is 0 Å². The highest BCUT2D eigenvalue weighted by Gasteiger charge is 2.19. The summed E-state index contributed by atoms with van der Waals surface area (Å²) in [5.41, 5.74) is 1.87. The Kier molecular flexibility index (Phi) is 5.46. The molecule has 0 saturated carbocycles. The second kappa shape index (κ2) is 7.38. The second-order valence-electron chi connectivity index (χ2n) is 7.01. The largest absolute Gasteiger partial charge is 0.376 e. The summed E-state index contributed by atoms with van der Waals surface area (Å²) in [6.45, 7) is 6.09. The quantitative estimate of drug-likeness (QED) is 0.871. The van der Waals surface area contributed by atoms with E-state index in [9.17, 15) is 9.59 Å². The summed E-state index contributed by atoms with van der Waals surface area (Å²) in [5, 5.41) is 9.60. The van der Waals surface area contributed by atoms with E-state index in [1.807, 2.05) is 20.8 Å². The molecule has 0 aliphatic heterocycles. The van der Waals surface area contributed by atoms with Crippen molar-refractivity contribution in [3.8, 4) is 0 Å². The fraction of sp³-hybridized carbons (Fsp3) is 0.389. The zero-order valence-corrected chi connectivity index (χ0v) is 15.2. The van der Waals surface area contributed by atoms with Gasteiger partial charge in [-0.25, -0.2) is 0 Å². The zero-order chi connectivity index (χ0) is 18.6. The number of carbonyl (C=O) groups is 2. The number of carbonyl (C=O) groups excluding carboxylic acids is 2. The molecule has 2 aromatic rings. The van der Waals surface area contributed by atoms with E-state index in [1.54, 1.807) is 44.4 Å². The van der Waals surface area contributed by atoms with Crippen LogP contribution in [-0.4, -0.2) is 42.5 Å². The first-order chi connectivity index (χ1) is 11.7. The van der Waals surface area contributed by atoms with Crippen LogP contribution >= 0.6 is 0 Å². The van der Waals surface area contributed by atoms with E-state index in [4.69, 9.17) is 4.52 Å². The predicted molar refractivity (Wildman–Crippen MR) is 96.8 cm³/mol. The van der Waals surface area contributed by atoms with Crippen molar-refractivity contribution >= 4 is 23.4 Å². The predicted octanol–water partition coefficient (Wildman–Crippen LogP) is 2.72. The summed E-state index contributed by atoms with van der Waals surface area (Å²) in [7, 11) is 3.39. The number of anilines is 2. The molecule has 0 fully saturated rings. The maximum atomic E-state index is 12.0. The standard InChI is InChI=1S/C18H24N4O3/c1-18(2,3)14-10-16(25-21-14)20-15(23)11-19-13-8-6-7-12(9-13)17(24)22(4)5/h6-10,19H,11H2,1-5H3,(H,20,23). The summed E-state index contributed by atoms with van der Waals surface area (Å²) in [6.07, 6.45) is 0. The molecule has 1 aromatic carbocycles. The average molecular weight is 344 g/mol. The Morgan fingerprint density at radius 2 is 1.92 bits per heavy atom. The lowest BCUT2D eigenvalue weighted by atomic mass is 9.92. The summed E-state index contributed by atoms with van der Waals surface area (Å²) < 4.78 is 5.13. The van der Waals surface area contributed by atoms with Crippen LogP contribution in [0.15, 0.2) is 34.9 Å². The van der Waals surface area contributed by atoms with Crippen LogP contribution < -0.4 is 10.6 Å². The third kappa shape index (κ3) is 5.07. The molecule has 7 nitrogen and oxygen atoms in total. The molecule has 2 amide bonds. The van der Waals surface area contributed by atoms with Crippen LogP contribution in [0.25, 0.3) is 0 Å². The van der Waals surface area contributed by atoms with Gasteiger partial charge in [0, 0.05) is 36.8 Å². The van der Waals surface area contributed by atoms with E-state index in [2.05, 4.69) is 15.8 Å². The molecule has 0 unspecified atom stereocenters. The van der Waals surface area contributed by atoms with E-state index < -0.39 is 0 Å². The van der Waals surface area contributed by atoms with Gasteiger partial charge in [-0.05, 0) is 18.2 Å². The molecule has 0 saturated heterocycles. The van der Waals surface area contributed by atoms with E-state index >= 15 is 0 Å². The number of hydrogen-bond donors (Lipinski definition) is 2. The van der Waals surface area contributed by atoms with Crippen LogP contribution in [0.2, 0.25) is 0 Å². The lowest BCUT2D eigenvalue weighted by molar-refractivity contribution is -0.114. The fourth-order valence-electron chi connectivity index (χ4n) is 2.07. The van der Waals surface area contributed by atoms with Crippen molar-refractivity contribution in [1.29, 1.82) is 0 Å². The number of nitrogens with zero attached hydrogens (tertiary/aromatic N) is 2. The number of benzene rings is 1. The minimum Gasteiger partial charge on any atom is -0.376 e. The van der Waals surface area contributed by atoms with E-state index in [0.29, 0.717) is 17.1 Å². The number of hydrogen-bond acceptors (Lipinski definition) is 5. The summed E-state index contributed by atoms with van der Waals surface area (Å²) in [6, 6.07) is 8.72. The Balaban J connectivity index is 1.93. The van der Waals surface area contributed by atoms with Gasteiger partial charge in [0.15, 0.2) is 0 Å². The number of amides is 2. The molecule has 0 aliphatic rings. The number of rotatable bonds is 5. The average Bonchev–Trinajstić information content (AvgIpc) is 3.01. The van der Waals surface area contributed by atoms with Gasteiger partial charge in [0.25, 0.3) is 5.91 Å². The number of aromatic nitrogens is 1. The SMILES string of the molecule is CN(C)C(=O)c1cccc(NCC(=O)Nc2cc(C(C)(C)C)no2)c1. The first kappa shape index (κ1) is 18.5. The van der Waals surface area contributed by atoms with E-state index in [0.717, 1.165) is 5.69 Å². The molecular weight excluding hydrogens is 320 g/mol. The van der Waals surface area contributed by atoms with Gasteiger partial charge in [-0.15, -0.1) is 0 Å². The van der Waals surface area contributed by atoms with E-state index in [-0.39, 0.29) is 23.8 Å². The minimum atomic E-state index is -0.263. The molecule has 7 heteroatoms. The molecule has 1 heterocycles. The van der Waals surface area contributed by atoms with E-state index in [1.165, 1.54) is 4.90 Å². The lowest BCUT2D eigenvalue weighted by Gasteiger charge is -2.12. The van der Waals surface area contributed by atoms with Crippen molar-refractivity contribution < 1.29 is 14.1 Å².